The summed E-state index contributed by atoms with van der Waals surface area (Å²) in [5, 5.41) is 4.24. The first kappa shape index (κ1) is 13.8. The highest BCUT2D eigenvalue weighted by atomic mass is 35.5. The van der Waals surface area contributed by atoms with Crippen LogP contribution in [0.15, 0.2) is 42.5 Å². The highest BCUT2D eigenvalue weighted by Crippen LogP contribution is 2.20. The van der Waals surface area contributed by atoms with E-state index in [4.69, 9.17) is 11.6 Å². The Balaban J connectivity index is 2.05. The molecule has 0 fully saturated rings. The third-order valence-corrected chi connectivity index (χ3v) is 3.50. The molecule has 0 aliphatic rings. The molecule has 0 aliphatic carbocycles. The van der Waals surface area contributed by atoms with Crippen molar-refractivity contribution in [2.24, 2.45) is 0 Å². The van der Waals surface area contributed by atoms with Crippen LogP contribution in [-0.2, 0) is 6.54 Å². The topological polar surface area (TPSA) is 15.3 Å². The third-order valence-electron chi connectivity index (χ3n) is 3.10. The highest BCUT2D eigenvalue weighted by molar-refractivity contribution is 6.31. The molecule has 0 spiro atoms. The van der Waals surface area contributed by atoms with Crippen molar-refractivity contribution in [3.8, 4) is 0 Å². The zero-order valence-corrected chi connectivity index (χ0v) is 12.3. The van der Waals surface area contributed by atoms with Gasteiger partial charge in [0.15, 0.2) is 0 Å². The molecule has 0 aromatic heterocycles. The van der Waals surface area contributed by atoms with Crippen molar-refractivity contribution < 1.29 is 0 Å². The van der Waals surface area contributed by atoms with Gasteiger partial charge in [-0.05, 0) is 42.3 Å². The van der Waals surface area contributed by atoms with Gasteiger partial charge in [-0.15, -0.1) is 0 Å². The first-order valence-electron chi connectivity index (χ1n) is 6.32. The standard InChI is InChI=1S/C16H19ClN2/c1-12-7-8-13(9-16(12)17)11-18-14-5-4-6-15(10-14)19(2)3/h4-10,18H,11H2,1-3H3. The normalized spacial score (nSPS) is 10.3. The molecule has 0 amide bonds. The quantitative estimate of drug-likeness (QED) is 0.893. The molecule has 0 unspecified atom stereocenters. The molecular weight excluding hydrogens is 256 g/mol. The van der Waals surface area contributed by atoms with E-state index < -0.39 is 0 Å². The minimum absolute atomic E-state index is 0.775. The first-order chi connectivity index (χ1) is 9.06. The molecule has 100 valence electrons. The maximum atomic E-state index is 6.13. The van der Waals surface area contributed by atoms with Crippen LogP contribution in [0.2, 0.25) is 5.02 Å². The van der Waals surface area contributed by atoms with E-state index in [1.807, 2.05) is 27.1 Å². The summed E-state index contributed by atoms with van der Waals surface area (Å²) >= 11 is 6.13. The van der Waals surface area contributed by atoms with Gasteiger partial charge in [-0.3, -0.25) is 0 Å². The maximum absolute atomic E-state index is 6.13. The van der Waals surface area contributed by atoms with Crippen molar-refractivity contribution in [2.75, 3.05) is 24.3 Å². The molecule has 0 bridgehead atoms. The zero-order chi connectivity index (χ0) is 13.8. The van der Waals surface area contributed by atoms with Crippen LogP contribution in [0, 0.1) is 6.92 Å². The minimum atomic E-state index is 0.775. The van der Waals surface area contributed by atoms with Gasteiger partial charge in [0.2, 0.25) is 0 Å². The van der Waals surface area contributed by atoms with Crippen LogP contribution in [-0.4, -0.2) is 14.1 Å². The molecule has 19 heavy (non-hydrogen) atoms. The Bertz CT molecular complexity index is 564. The van der Waals surface area contributed by atoms with E-state index in [9.17, 15) is 0 Å². The fourth-order valence-corrected chi connectivity index (χ4v) is 2.05. The van der Waals surface area contributed by atoms with E-state index in [-0.39, 0.29) is 0 Å². The van der Waals surface area contributed by atoms with E-state index in [1.54, 1.807) is 0 Å². The van der Waals surface area contributed by atoms with Crippen molar-refractivity contribution in [2.45, 2.75) is 13.5 Å². The maximum Gasteiger partial charge on any atom is 0.0438 e. The number of halogens is 1. The van der Waals surface area contributed by atoms with E-state index in [0.717, 1.165) is 22.8 Å². The third kappa shape index (κ3) is 3.65. The van der Waals surface area contributed by atoms with Gasteiger partial charge in [-0.25, -0.2) is 0 Å². The van der Waals surface area contributed by atoms with Gasteiger partial charge in [0.1, 0.15) is 0 Å². The van der Waals surface area contributed by atoms with Gasteiger partial charge in [0.25, 0.3) is 0 Å². The van der Waals surface area contributed by atoms with E-state index in [1.165, 1.54) is 11.3 Å². The monoisotopic (exact) mass is 274 g/mol. The molecule has 0 radical (unpaired) electrons. The average Bonchev–Trinajstić information content (AvgIpc) is 2.40. The van der Waals surface area contributed by atoms with Crippen molar-refractivity contribution in [3.05, 3.63) is 58.6 Å². The second kappa shape index (κ2) is 5.98. The lowest BCUT2D eigenvalue weighted by Gasteiger charge is -2.14. The lowest BCUT2D eigenvalue weighted by Crippen LogP contribution is -2.09. The van der Waals surface area contributed by atoms with Crippen LogP contribution in [0.5, 0.6) is 0 Å². The molecule has 0 saturated carbocycles. The van der Waals surface area contributed by atoms with Gasteiger partial charge in [-0.2, -0.15) is 0 Å². The Morgan fingerprint density at radius 3 is 2.58 bits per heavy atom. The summed E-state index contributed by atoms with van der Waals surface area (Å²) in [6.45, 7) is 2.79. The largest absolute Gasteiger partial charge is 0.381 e. The molecule has 2 aromatic rings. The van der Waals surface area contributed by atoms with Crippen LogP contribution in [0.25, 0.3) is 0 Å². The summed E-state index contributed by atoms with van der Waals surface area (Å²) in [6.07, 6.45) is 0. The molecule has 2 nitrogen and oxygen atoms in total. The van der Waals surface area contributed by atoms with Gasteiger partial charge in [0, 0.05) is 37.0 Å². The van der Waals surface area contributed by atoms with Crippen LogP contribution in [0.1, 0.15) is 11.1 Å². The molecule has 0 atom stereocenters. The molecule has 0 heterocycles. The lowest BCUT2D eigenvalue weighted by atomic mass is 10.1. The van der Waals surface area contributed by atoms with Crippen molar-refractivity contribution in [1.29, 1.82) is 0 Å². The van der Waals surface area contributed by atoms with Crippen LogP contribution in [0.3, 0.4) is 0 Å². The van der Waals surface area contributed by atoms with Gasteiger partial charge in [-0.1, -0.05) is 29.8 Å². The molecular formula is C16H19ClN2. The zero-order valence-electron chi connectivity index (χ0n) is 11.6. The molecule has 1 N–H and O–H groups in total. The number of nitrogens with zero attached hydrogens (tertiary/aromatic N) is 1. The summed E-state index contributed by atoms with van der Waals surface area (Å²) in [5.74, 6) is 0. The second-order valence-corrected chi connectivity index (χ2v) is 5.29. The number of anilines is 2. The molecule has 2 aromatic carbocycles. The van der Waals surface area contributed by atoms with Gasteiger partial charge >= 0.3 is 0 Å². The molecule has 3 heteroatoms. The summed E-state index contributed by atoms with van der Waals surface area (Å²) in [5.41, 5.74) is 4.60. The lowest BCUT2D eigenvalue weighted by molar-refractivity contribution is 1.12. The Morgan fingerprint density at radius 1 is 1.11 bits per heavy atom. The Hall–Kier alpha value is -1.67. The molecule has 0 saturated heterocycles. The summed E-state index contributed by atoms with van der Waals surface area (Å²) < 4.78 is 0. The predicted molar refractivity (Wildman–Crippen MR) is 84.3 cm³/mol. The molecule has 0 aliphatic heterocycles. The van der Waals surface area contributed by atoms with Gasteiger partial charge < -0.3 is 10.2 Å². The van der Waals surface area contributed by atoms with E-state index >= 15 is 0 Å². The minimum Gasteiger partial charge on any atom is -0.381 e. The van der Waals surface area contributed by atoms with Crippen LogP contribution < -0.4 is 10.2 Å². The Kier molecular flexibility index (Phi) is 4.33. The van der Waals surface area contributed by atoms with Crippen molar-refractivity contribution >= 4 is 23.0 Å². The smallest absolute Gasteiger partial charge is 0.0438 e. The van der Waals surface area contributed by atoms with Crippen LogP contribution in [0.4, 0.5) is 11.4 Å². The van der Waals surface area contributed by atoms with E-state index in [2.05, 4.69) is 46.6 Å². The van der Waals surface area contributed by atoms with Gasteiger partial charge in [0.05, 0.1) is 0 Å². The summed E-state index contributed by atoms with van der Waals surface area (Å²) in [4.78, 5) is 2.09. The Labute approximate surface area is 120 Å². The SMILES string of the molecule is Cc1ccc(CNc2cccc(N(C)C)c2)cc1Cl. The Morgan fingerprint density at radius 2 is 1.89 bits per heavy atom. The average molecular weight is 275 g/mol. The van der Waals surface area contributed by atoms with Crippen LogP contribution >= 0.6 is 11.6 Å². The number of rotatable bonds is 4. The number of aryl methyl sites for hydroxylation is 1. The fourth-order valence-electron chi connectivity index (χ4n) is 1.84. The summed E-state index contributed by atoms with van der Waals surface area (Å²) in [6, 6.07) is 14.5. The second-order valence-electron chi connectivity index (χ2n) is 4.88. The number of hydrogen-bond acceptors (Lipinski definition) is 2. The predicted octanol–water partition coefficient (Wildman–Crippen LogP) is 4.33. The highest BCUT2D eigenvalue weighted by Gasteiger charge is 2.00. The fraction of sp³-hybridized carbons (Fsp3) is 0.250. The van der Waals surface area contributed by atoms with Crippen molar-refractivity contribution in [1.82, 2.24) is 0 Å². The van der Waals surface area contributed by atoms with Crippen molar-refractivity contribution in [3.63, 3.8) is 0 Å². The molecule has 2 rings (SSSR count). The number of benzene rings is 2. The number of hydrogen-bond donors (Lipinski definition) is 1. The number of nitrogens with one attached hydrogen (secondary N) is 1. The first-order valence-corrected chi connectivity index (χ1v) is 6.70. The summed E-state index contributed by atoms with van der Waals surface area (Å²) in [7, 11) is 4.08. The van der Waals surface area contributed by atoms with E-state index in [0.29, 0.717) is 0 Å².